The number of piperidine rings is 1. The largest absolute Gasteiger partial charge is 0.316 e. The SMILES string of the molecule is Cc1ccc(C2C3CNCC32)cc1. The first-order chi connectivity index (χ1) is 6.36. The zero-order chi connectivity index (χ0) is 8.84. The van der Waals surface area contributed by atoms with E-state index in [9.17, 15) is 0 Å². The van der Waals surface area contributed by atoms with Gasteiger partial charge in [0.05, 0.1) is 0 Å². The molecule has 2 atom stereocenters. The molecule has 0 spiro atoms. The minimum absolute atomic E-state index is 0.877. The topological polar surface area (TPSA) is 12.0 Å². The maximum atomic E-state index is 3.43. The quantitative estimate of drug-likeness (QED) is 0.684. The van der Waals surface area contributed by atoms with Crippen LogP contribution in [0.25, 0.3) is 0 Å². The van der Waals surface area contributed by atoms with Gasteiger partial charge in [-0.25, -0.2) is 0 Å². The Morgan fingerprint density at radius 1 is 1.08 bits per heavy atom. The second-order valence-electron chi connectivity index (χ2n) is 4.42. The van der Waals surface area contributed by atoms with E-state index < -0.39 is 0 Å². The van der Waals surface area contributed by atoms with Crippen molar-refractivity contribution in [2.45, 2.75) is 12.8 Å². The number of nitrogens with one attached hydrogen (secondary N) is 1. The lowest BCUT2D eigenvalue weighted by atomic mass is 10.1. The first kappa shape index (κ1) is 7.57. The lowest BCUT2D eigenvalue weighted by Crippen LogP contribution is -2.13. The Bertz CT molecular complexity index is 304. The molecule has 0 radical (unpaired) electrons. The molecule has 1 aromatic carbocycles. The average Bonchev–Trinajstić information content (AvgIpc) is 2.63. The molecule has 2 aliphatic rings. The van der Waals surface area contributed by atoms with Crippen LogP contribution in [0.2, 0.25) is 0 Å². The molecule has 1 N–H and O–H groups in total. The minimum atomic E-state index is 0.877. The third-order valence-corrected chi connectivity index (χ3v) is 3.55. The number of benzene rings is 1. The Labute approximate surface area is 79.2 Å². The normalized spacial score (nSPS) is 35.9. The van der Waals surface area contributed by atoms with Gasteiger partial charge in [0, 0.05) is 0 Å². The fourth-order valence-corrected chi connectivity index (χ4v) is 2.70. The van der Waals surface area contributed by atoms with Gasteiger partial charge >= 0.3 is 0 Å². The number of fused-ring (bicyclic) bond motifs is 1. The van der Waals surface area contributed by atoms with Gasteiger partial charge in [-0.15, -0.1) is 0 Å². The van der Waals surface area contributed by atoms with Crippen molar-refractivity contribution >= 4 is 0 Å². The smallest absolute Gasteiger partial charge is 0.00111 e. The van der Waals surface area contributed by atoms with E-state index in [-0.39, 0.29) is 0 Å². The van der Waals surface area contributed by atoms with Crippen molar-refractivity contribution < 1.29 is 0 Å². The maximum Gasteiger partial charge on any atom is -0.00111 e. The monoisotopic (exact) mass is 173 g/mol. The van der Waals surface area contributed by atoms with Crippen LogP contribution in [-0.4, -0.2) is 13.1 Å². The van der Waals surface area contributed by atoms with Crippen molar-refractivity contribution in [1.29, 1.82) is 0 Å². The summed E-state index contributed by atoms with van der Waals surface area (Å²) in [7, 11) is 0. The standard InChI is InChI=1S/C12H15N/c1-8-2-4-9(5-3-8)12-10-6-13-7-11(10)12/h2-5,10-13H,6-7H2,1H3. The number of aryl methyl sites for hydroxylation is 1. The van der Waals surface area contributed by atoms with Crippen LogP contribution in [0.3, 0.4) is 0 Å². The van der Waals surface area contributed by atoms with Gasteiger partial charge in [-0.1, -0.05) is 29.8 Å². The highest BCUT2D eigenvalue weighted by molar-refractivity contribution is 5.32. The van der Waals surface area contributed by atoms with E-state index in [2.05, 4.69) is 36.5 Å². The zero-order valence-corrected chi connectivity index (χ0v) is 7.96. The van der Waals surface area contributed by atoms with E-state index >= 15 is 0 Å². The summed E-state index contributed by atoms with van der Waals surface area (Å²) in [6.45, 7) is 4.63. The van der Waals surface area contributed by atoms with Crippen molar-refractivity contribution in [3.05, 3.63) is 35.4 Å². The molecule has 3 rings (SSSR count). The van der Waals surface area contributed by atoms with Gasteiger partial charge in [-0.3, -0.25) is 0 Å². The molecule has 1 nitrogen and oxygen atoms in total. The van der Waals surface area contributed by atoms with Crippen molar-refractivity contribution in [2.24, 2.45) is 11.8 Å². The van der Waals surface area contributed by atoms with E-state index in [0.717, 1.165) is 17.8 Å². The highest BCUT2D eigenvalue weighted by Crippen LogP contribution is 2.55. The Kier molecular flexibility index (Phi) is 1.50. The van der Waals surface area contributed by atoms with Crippen molar-refractivity contribution in [1.82, 2.24) is 5.32 Å². The van der Waals surface area contributed by atoms with Crippen molar-refractivity contribution in [3.8, 4) is 0 Å². The molecule has 1 saturated carbocycles. The summed E-state index contributed by atoms with van der Waals surface area (Å²) in [5.41, 5.74) is 2.93. The van der Waals surface area contributed by atoms with Gasteiger partial charge in [0.15, 0.2) is 0 Å². The summed E-state index contributed by atoms with van der Waals surface area (Å²) in [5, 5.41) is 3.43. The van der Waals surface area contributed by atoms with Crippen molar-refractivity contribution in [3.63, 3.8) is 0 Å². The second-order valence-corrected chi connectivity index (χ2v) is 4.42. The molecule has 1 aliphatic heterocycles. The lowest BCUT2D eigenvalue weighted by molar-refractivity contribution is 0.684. The third-order valence-electron chi connectivity index (χ3n) is 3.55. The fourth-order valence-electron chi connectivity index (χ4n) is 2.70. The highest BCUT2D eigenvalue weighted by atomic mass is 15.0. The Morgan fingerprint density at radius 3 is 2.31 bits per heavy atom. The molecule has 2 fully saturated rings. The minimum Gasteiger partial charge on any atom is -0.316 e. The van der Waals surface area contributed by atoms with Crippen LogP contribution >= 0.6 is 0 Å². The van der Waals surface area contributed by atoms with Crippen molar-refractivity contribution in [2.75, 3.05) is 13.1 Å². The molecule has 0 aromatic heterocycles. The predicted octanol–water partition coefficient (Wildman–Crippen LogP) is 1.93. The molecule has 1 heteroatoms. The van der Waals surface area contributed by atoms with E-state index in [1.165, 1.54) is 18.7 Å². The Morgan fingerprint density at radius 2 is 1.69 bits per heavy atom. The Balaban J connectivity index is 1.83. The molecule has 13 heavy (non-hydrogen) atoms. The maximum absolute atomic E-state index is 3.43. The zero-order valence-electron chi connectivity index (χ0n) is 7.96. The fraction of sp³-hybridized carbons (Fsp3) is 0.500. The number of hydrogen-bond acceptors (Lipinski definition) is 1. The van der Waals surface area contributed by atoms with Gasteiger partial charge in [0.25, 0.3) is 0 Å². The average molecular weight is 173 g/mol. The number of hydrogen-bond donors (Lipinski definition) is 1. The number of rotatable bonds is 1. The lowest BCUT2D eigenvalue weighted by Gasteiger charge is -2.04. The molecular weight excluding hydrogens is 158 g/mol. The van der Waals surface area contributed by atoms with E-state index in [1.54, 1.807) is 5.56 Å². The summed E-state index contributed by atoms with van der Waals surface area (Å²) < 4.78 is 0. The molecule has 0 amide bonds. The van der Waals surface area contributed by atoms with Crippen LogP contribution in [0, 0.1) is 18.8 Å². The molecule has 0 bridgehead atoms. The molecule has 68 valence electrons. The summed E-state index contributed by atoms with van der Waals surface area (Å²) in [6.07, 6.45) is 0. The predicted molar refractivity (Wildman–Crippen MR) is 53.8 cm³/mol. The molecule has 2 unspecified atom stereocenters. The van der Waals surface area contributed by atoms with Crippen LogP contribution < -0.4 is 5.32 Å². The Hall–Kier alpha value is -0.820. The summed E-state index contributed by atoms with van der Waals surface area (Å²) in [4.78, 5) is 0. The van der Waals surface area contributed by atoms with Crippen LogP contribution in [-0.2, 0) is 0 Å². The van der Waals surface area contributed by atoms with Crippen LogP contribution in [0.15, 0.2) is 24.3 Å². The molecule has 1 aromatic rings. The van der Waals surface area contributed by atoms with E-state index in [1.807, 2.05) is 0 Å². The summed E-state index contributed by atoms with van der Waals surface area (Å²) in [6, 6.07) is 9.07. The summed E-state index contributed by atoms with van der Waals surface area (Å²) in [5.74, 6) is 2.77. The van der Waals surface area contributed by atoms with Crippen LogP contribution in [0.1, 0.15) is 17.0 Å². The van der Waals surface area contributed by atoms with E-state index in [4.69, 9.17) is 0 Å². The molecule has 1 heterocycles. The van der Waals surface area contributed by atoms with Gasteiger partial charge in [0.2, 0.25) is 0 Å². The van der Waals surface area contributed by atoms with Gasteiger partial charge < -0.3 is 5.32 Å². The van der Waals surface area contributed by atoms with Crippen LogP contribution in [0.5, 0.6) is 0 Å². The van der Waals surface area contributed by atoms with Crippen LogP contribution in [0.4, 0.5) is 0 Å². The highest BCUT2D eigenvalue weighted by Gasteiger charge is 2.53. The summed E-state index contributed by atoms with van der Waals surface area (Å²) >= 11 is 0. The first-order valence-corrected chi connectivity index (χ1v) is 5.13. The second kappa shape index (κ2) is 2.58. The van der Waals surface area contributed by atoms with E-state index in [0.29, 0.717) is 0 Å². The van der Waals surface area contributed by atoms with Gasteiger partial charge in [-0.2, -0.15) is 0 Å². The molecule has 1 saturated heterocycles. The van der Waals surface area contributed by atoms with Gasteiger partial charge in [-0.05, 0) is 43.3 Å². The third kappa shape index (κ3) is 1.11. The first-order valence-electron chi connectivity index (χ1n) is 5.13. The molecule has 1 aliphatic carbocycles. The van der Waals surface area contributed by atoms with Gasteiger partial charge in [0.1, 0.15) is 0 Å². The molecular formula is C12H15N.